The van der Waals surface area contributed by atoms with E-state index < -0.39 is 16.1 Å². The Kier molecular flexibility index (Phi) is 9.31. The van der Waals surface area contributed by atoms with Gasteiger partial charge in [-0.15, -0.1) is 0 Å². The monoisotopic (exact) mass is 627 g/mol. The molecule has 3 aliphatic rings. The molecule has 1 saturated carbocycles. The summed E-state index contributed by atoms with van der Waals surface area (Å²) in [5.41, 5.74) is 3.24. The number of ether oxygens (including phenoxy) is 1. The van der Waals surface area contributed by atoms with Crippen molar-refractivity contribution in [3.8, 4) is 11.5 Å². The average Bonchev–Trinajstić information content (AvgIpc) is 3.63. The number of anilines is 3. The second-order valence-corrected chi connectivity index (χ2v) is 15.1. The Balaban J connectivity index is 1.22. The van der Waals surface area contributed by atoms with Gasteiger partial charge in [-0.2, -0.15) is 0 Å². The van der Waals surface area contributed by atoms with E-state index in [0.717, 1.165) is 61.3 Å². The fourth-order valence-electron chi connectivity index (χ4n) is 5.72. The highest BCUT2D eigenvalue weighted by Gasteiger charge is 2.30. The van der Waals surface area contributed by atoms with Crippen molar-refractivity contribution in [2.24, 2.45) is 5.92 Å². The van der Waals surface area contributed by atoms with Crippen LogP contribution in [0.3, 0.4) is 0 Å². The number of nitrogens with one attached hydrogen (secondary N) is 3. The van der Waals surface area contributed by atoms with Gasteiger partial charge in [-0.1, -0.05) is 20.8 Å². The molecule has 0 bridgehead atoms. The van der Waals surface area contributed by atoms with E-state index in [1.165, 1.54) is 19.8 Å². The maximum atomic E-state index is 13.2. The van der Waals surface area contributed by atoms with Gasteiger partial charge in [-0.3, -0.25) is 14.4 Å². The lowest BCUT2D eigenvalue weighted by molar-refractivity contribution is -0.136. The number of carbonyl (C=O) groups excluding carboxylic acids is 2. The molecule has 1 aliphatic heterocycles. The van der Waals surface area contributed by atoms with Crippen LogP contribution in [0, 0.1) is 5.92 Å². The Labute approximate surface area is 260 Å². The molecule has 4 N–H and O–H groups in total. The zero-order valence-corrected chi connectivity index (χ0v) is 27.0. The Bertz CT molecular complexity index is 1520. The summed E-state index contributed by atoms with van der Waals surface area (Å²) in [5, 5.41) is 16.5. The molecule has 0 aromatic heterocycles. The van der Waals surface area contributed by atoms with E-state index in [-0.39, 0.29) is 34.2 Å². The highest BCUT2D eigenvalue weighted by Crippen LogP contribution is 2.39. The average molecular weight is 628 g/mol. The zero-order valence-electron chi connectivity index (χ0n) is 26.2. The van der Waals surface area contributed by atoms with Gasteiger partial charge in [-0.05, 0) is 91.3 Å². The first-order valence-electron chi connectivity index (χ1n) is 15.6. The highest BCUT2D eigenvalue weighted by molar-refractivity contribution is 7.92. The van der Waals surface area contributed by atoms with Crippen LogP contribution in [0.1, 0.15) is 63.6 Å². The normalized spacial score (nSPS) is 17.4. The molecule has 3 amide bonds. The molecule has 2 aromatic rings. The summed E-state index contributed by atoms with van der Waals surface area (Å²) >= 11 is 0. The number of carbonyl (C=O) groups is 2. The van der Waals surface area contributed by atoms with Gasteiger partial charge in [0.1, 0.15) is 12.4 Å². The number of piperazine rings is 1. The van der Waals surface area contributed by atoms with Crippen LogP contribution in [0.4, 0.5) is 21.9 Å². The van der Waals surface area contributed by atoms with Crippen molar-refractivity contribution in [2.45, 2.75) is 65.2 Å². The number of aromatic hydroxyl groups is 1. The number of phenols is 1. The highest BCUT2D eigenvalue weighted by atomic mass is 32.2. The lowest BCUT2D eigenvalue weighted by Gasteiger charge is -2.34. The molecule has 2 aliphatic carbocycles. The Morgan fingerprint density at radius 1 is 1.05 bits per heavy atom. The van der Waals surface area contributed by atoms with Crippen molar-refractivity contribution < 1.29 is 27.9 Å². The van der Waals surface area contributed by atoms with Crippen LogP contribution in [0.25, 0.3) is 0 Å². The lowest BCUT2D eigenvalue weighted by atomic mass is 9.86. The van der Waals surface area contributed by atoms with E-state index in [1.54, 1.807) is 12.1 Å². The fourth-order valence-corrected chi connectivity index (χ4v) is 6.35. The van der Waals surface area contributed by atoms with Gasteiger partial charge < -0.3 is 25.4 Å². The number of hydrogen-bond acceptors (Lipinski definition) is 7. The van der Waals surface area contributed by atoms with E-state index in [0.29, 0.717) is 31.3 Å². The van der Waals surface area contributed by atoms with Crippen LogP contribution in [-0.4, -0.2) is 80.3 Å². The van der Waals surface area contributed by atoms with Gasteiger partial charge in [0.05, 0.1) is 23.7 Å². The van der Waals surface area contributed by atoms with Crippen LogP contribution >= 0.6 is 0 Å². The Morgan fingerprint density at radius 2 is 1.75 bits per heavy atom. The first kappa shape index (κ1) is 31.9. The van der Waals surface area contributed by atoms with Gasteiger partial charge >= 0.3 is 6.03 Å². The summed E-state index contributed by atoms with van der Waals surface area (Å²) in [5.74, 6) is 1.19. The molecule has 0 atom stereocenters. The van der Waals surface area contributed by atoms with E-state index in [9.17, 15) is 23.1 Å². The van der Waals surface area contributed by atoms with Gasteiger partial charge in [0.25, 0.3) is 0 Å². The third kappa shape index (κ3) is 7.76. The maximum Gasteiger partial charge on any atom is 0.323 e. The van der Waals surface area contributed by atoms with Crippen molar-refractivity contribution >= 4 is 39.0 Å². The SMILES string of the molecule is CCS(=O)(=O)Nc1cc(C(C)(C)C)cc(NC(=O)Nc2ccc(OCCN3CCN(CC4CC4)C(=O)C3)c3c2CCC3)c1O. The smallest absolute Gasteiger partial charge is 0.323 e. The van der Waals surface area contributed by atoms with Crippen LogP contribution < -0.4 is 20.1 Å². The minimum absolute atomic E-state index is 0.0153. The van der Waals surface area contributed by atoms with E-state index >= 15 is 0 Å². The summed E-state index contributed by atoms with van der Waals surface area (Å²) in [6.45, 7) is 11.5. The molecule has 2 aromatic carbocycles. The van der Waals surface area contributed by atoms with Crippen LogP contribution in [0.5, 0.6) is 11.5 Å². The van der Waals surface area contributed by atoms with Crippen molar-refractivity contribution in [1.29, 1.82) is 0 Å². The lowest BCUT2D eigenvalue weighted by Crippen LogP contribution is -2.51. The molecule has 5 rings (SSSR count). The molecule has 2 fully saturated rings. The zero-order chi connectivity index (χ0) is 31.6. The third-order valence-corrected chi connectivity index (χ3v) is 9.89. The molecule has 0 unspecified atom stereocenters. The minimum Gasteiger partial charge on any atom is -0.504 e. The van der Waals surface area contributed by atoms with E-state index in [1.807, 2.05) is 37.8 Å². The number of benzene rings is 2. The number of urea groups is 1. The number of fused-ring (bicyclic) bond motifs is 1. The molecule has 0 radical (unpaired) electrons. The van der Waals surface area contributed by atoms with Crippen LogP contribution in [-0.2, 0) is 33.1 Å². The number of sulfonamides is 1. The van der Waals surface area contributed by atoms with Crippen molar-refractivity contribution in [2.75, 3.05) is 60.4 Å². The van der Waals surface area contributed by atoms with Crippen molar-refractivity contribution in [3.05, 3.63) is 41.0 Å². The predicted molar refractivity (Wildman–Crippen MR) is 172 cm³/mol. The summed E-state index contributed by atoms with van der Waals surface area (Å²) in [7, 11) is -3.65. The second-order valence-electron chi connectivity index (χ2n) is 13.1. The standard InChI is InChI=1S/C32H45N5O6S/c1-5-44(41,42)35-27-18-22(32(2,3)4)17-26(30(27)39)34-31(40)33-25-11-12-28(24-8-6-7-23(24)25)43-16-15-36-13-14-37(29(38)20-36)19-21-9-10-21/h11-12,17-18,21,35,39H,5-10,13-16,19-20H2,1-4H3,(H2,33,34,40). The molecule has 240 valence electrons. The predicted octanol–water partition coefficient (Wildman–Crippen LogP) is 4.52. The first-order chi connectivity index (χ1) is 20.8. The van der Waals surface area contributed by atoms with Crippen molar-refractivity contribution in [1.82, 2.24) is 9.80 Å². The van der Waals surface area contributed by atoms with Gasteiger partial charge in [-0.25, -0.2) is 13.2 Å². The molecule has 1 heterocycles. The molecule has 12 heteroatoms. The van der Waals surface area contributed by atoms with Gasteiger partial charge in [0.2, 0.25) is 15.9 Å². The molecule has 1 saturated heterocycles. The first-order valence-corrected chi connectivity index (χ1v) is 17.2. The molecule has 44 heavy (non-hydrogen) atoms. The number of nitrogens with zero attached hydrogens (tertiary/aromatic N) is 2. The third-order valence-electron chi connectivity index (χ3n) is 8.60. The van der Waals surface area contributed by atoms with Crippen molar-refractivity contribution in [3.63, 3.8) is 0 Å². The van der Waals surface area contributed by atoms with Crippen LogP contribution in [0.2, 0.25) is 0 Å². The quantitative estimate of drug-likeness (QED) is 0.269. The van der Waals surface area contributed by atoms with Gasteiger partial charge in [0.15, 0.2) is 5.75 Å². The molecule has 11 nitrogen and oxygen atoms in total. The van der Waals surface area contributed by atoms with Gasteiger partial charge in [0, 0.05) is 31.9 Å². The number of hydrogen-bond donors (Lipinski definition) is 4. The second kappa shape index (κ2) is 12.8. The fraction of sp³-hybridized carbons (Fsp3) is 0.562. The molecule has 0 spiro atoms. The largest absolute Gasteiger partial charge is 0.504 e. The summed E-state index contributed by atoms with van der Waals surface area (Å²) in [6.07, 6.45) is 5.07. The minimum atomic E-state index is -3.65. The number of phenolic OH excluding ortho intramolecular Hbond substituents is 1. The number of amides is 3. The van der Waals surface area contributed by atoms with Crippen LogP contribution in [0.15, 0.2) is 24.3 Å². The summed E-state index contributed by atoms with van der Waals surface area (Å²) < 4.78 is 33.1. The van der Waals surface area contributed by atoms with E-state index in [4.69, 9.17) is 4.74 Å². The topological polar surface area (TPSA) is 140 Å². The Hall–Kier alpha value is -3.51. The van der Waals surface area contributed by atoms with E-state index in [2.05, 4.69) is 20.3 Å². The Morgan fingerprint density at radius 3 is 2.43 bits per heavy atom. The number of rotatable bonds is 11. The summed E-state index contributed by atoms with van der Waals surface area (Å²) in [6, 6.07) is 6.38. The maximum absolute atomic E-state index is 13.2. The molecular weight excluding hydrogens is 582 g/mol. The summed E-state index contributed by atoms with van der Waals surface area (Å²) in [4.78, 5) is 29.8. The molecular formula is C32H45N5O6S.